The van der Waals surface area contributed by atoms with Gasteiger partial charge in [-0.05, 0) is 18.2 Å². The molecule has 1 saturated heterocycles. The largest absolute Gasteiger partial charge is 0.353 e. The fourth-order valence-electron chi connectivity index (χ4n) is 3.61. The van der Waals surface area contributed by atoms with Gasteiger partial charge in [-0.1, -0.05) is 12.1 Å². The molecule has 1 aromatic carbocycles. The van der Waals surface area contributed by atoms with Crippen LogP contribution < -0.4 is 4.90 Å². The SMILES string of the molecule is O=C(Cn1cnc2ccccc21)N1CCN(c2cc(-n3cccn3)ncn2)CC1. The van der Waals surface area contributed by atoms with Crippen molar-refractivity contribution < 1.29 is 4.79 Å². The molecule has 0 atom stereocenters. The lowest BCUT2D eigenvalue weighted by Crippen LogP contribution is -2.49. The van der Waals surface area contributed by atoms with E-state index < -0.39 is 0 Å². The van der Waals surface area contributed by atoms with E-state index in [-0.39, 0.29) is 5.91 Å². The molecule has 1 aliphatic heterocycles. The predicted molar refractivity (Wildman–Crippen MR) is 108 cm³/mol. The Morgan fingerprint density at radius 3 is 2.62 bits per heavy atom. The average molecular weight is 388 g/mol. The normalized spacial score (nSPS) is 14.5. The lowest BCUT2D eigenvalue weighted by Gasteiger charge is -2.35. The standard InChI is InChI=1S/C20H20N8O/c29-20(13-27-15-23-16-4-1-2-5-17(16)27)26-10-8-25(9-11-26)18-12-19(22-14-21-18)28-7-3-6-24-28/h1-7,12,14-15H,8-11,13H2. The molecule has 1 amide bonds. The summed E-state index contributed by atoms with van der Waals surface area (Å²) in [6, 6.07) is 11.6. The van der Waals surface area contributed by atoms with Gasteiger partial charge in [0.25, 0.3) is 0 Å². The molecule has 0 saturated carbocycles. The third kappa shape index (κ3) is 3.42. The molecule has 1 aliphatic rings. The summed E-state index contributed by atoms with van der Waals surface area (Å²) < 4.78 is 3.62. The molecule has 4 aromatic rings. The quantitative estimate of drug-likeness (QED) is 0.525. The van der Waals surface area contributed by atoms with Gasteiger partial charge >= 0.3 is 0 Å². The number of nitrogens with zero attached hydrogens (tertiary/aromatic N) is 8. The summed E-state index contributed by atoms with van der Waals surface area (Å²) in [6.45, 7) is 3.08. The van der Waals surface area contributed by atoms with Gasteiger partial charge in [-0.15, -0.1) is 0 Å². The second-order valence-corrected chi connectivity index (χ2v) is 6.91. The highest BCUT2D eigenvalue weighted by atomic mass is 16.2. The summed E-state index contributed by atoms with van der Waals surface area (Å²) in [6.07, 6.45) is 6.85. The number of anilines is 1. The molecule has 0 unspecified atom stereocenters. The van der Waals surface area contributed by atoms with E-state index in [4.69, 9.17) is 0 Å². The van der Waals surface area contributed by atoms with Crippen molar-refractivity contribution in [3.8, 4) is 5.82 Å². The molecule has 0 aliphatic carbocycles. The van der Waals surface area contributed by atoms with Crippen LogP contribution in [0.2, 0.25) is 0 Å². The number of carbonyl (C=O) groups excluding carboxylic acids is 1. The van der Waals surface area contributed by atoms with Gasteiger partial charge in [0, 0.05) is 44.6 Å². The third-order valence-electron chi connectivity index (χ3n) is 5.17. The number of aromatic nitrogens is 6. The van der Waals surface area contributed by atoms with Gasteiger partial charge in [-0.25, -0.2) is 19.6 Å². The van der Waals surface area contributed by atoms with Crippen LogP contribution in [0.25, 0.3) is 16.9 Å². The summed E-state index contributed by atoms with van der Waals surface area (Å²) in [5.41, 5.74) is 1.88. The molecule has 0 bridgehead atoms. The van der Waals surface area contributed by atoms with Gasteiger partial charge in [0.05, 0.1) is 17.4 Å². The van der Waals surface area contributed by atoms with E-state index in [1.807, 2.05) is 52.1 Å². The Morgan fingerprint density at radius 1 is 0.966 bits per heavy atom. The first-order chi connectivity index (χ1) is 14.3. The van der Waals surface area contributed by atoms with E-state index in [1.54, 1.807) is 23.5 Å². The van der Waals surface area contributed by atoms with Crippen molar-refractivity contribution in [3.63, 3.8) is 0 Å². The molecule has 9 nitrogen and oxygen atoms in total. The van der Waals surface area contributed by atoms with Crippen molar-refractivity contribution in [1.82, 2.24) is 34.2 Å². The second-order valence-electron chi connectivity index (χ2n) is 6.91. The molecule has 3 aromatic heterocycles. The zero-order valence-corrected chi connectivity index (χ0v) is 15.8. The number of para-hydroxylation sites is 2. The molecule has 0 spiro atoms. The molecule has 1 fully saturated rings. The van der Waals surface area contributed by atoms with Gasteiger partial charge in [-0.3, -0.25) is 4.79 Å². The van der Waals surface area contributed by atoms with Crippen LogP contribution in [0.3, 0.4) is 0 Å². The van der Waals surface area contributed by atoms with E-state index in [0.717, 1.165) is 35.8 Å². The zero-order valence-electron chi connectivity index (χ0n) is 15.8. The smallest absolute Gasteiger partial charge is 0.242 e. The number of amides is 1. The maximum absolute atomic E-state index is 12.8. The first-order valence-electron chi connectivity index (χ1n) is 9.52. The Bertz CT molecular complexity index is 1130. The van der Waals surface area contributed by atoms with Gasteiger partial charge in [0.15, 0.2) is 5.82 Å². The number of rotatable bonds is 4. The summed E-state index contributed by atoms with van der Waals surface area (Å²) in [5, 5.41) is 4.21. The first-order valence-corrected chi connectivity index (χ1v) is 9.52. The average Bonchev–Trinajstić information content (AvgIpc) is 3.45. The van der Waals surface area contributed by atoms with Gasteiger partial charge in [0.2, 0.25) is 5.91 Å². The molecule has 146 valence electrons. The Hall–Kier alpha value is -3.75. The Balaban J connectivity index is 1.23. The van der Waals surface area contributed by atoms with Crippen LogP contribution in [0, 0.1) is 0 Å². The molecule has 4 heterocycles. The number of piperazine rings is 1. The van der Waals surface area contributed by atoms with E-state index in [2.05, 4.69) is 25.0 Å². The summed E-state index contributed by atoms with van der Waals surface area (Å²) in [5.74, 6) is 1.68. The number of carbonyl (C=O) groups is 1. The van der Waals surface area contributed by atoms with Crippen molar-refractivity contribution in [2.24, 2.45) is 0 Å². The molecule has 0 N–H and O–H groups in total. The minimum Gasteiger partial charge on any atom is -0.353 e. The van der Waals surface area contributed by atoms with Crippen molar-refractivity contribution >= 4 is 22.8 Å². The van der Waals surface area contributed by atoms with Crippen LogP contribution >= 0.6 is 0 Å². The number of benzene rings is 1. The maximum atomic E-state index is 12.8. The van der Waals surface area contributed by atoms with Crippen LogP contribution in [0.15, 0.2) is 61.4 Å². The van der Waals surface area contributed by atoms with E-state index in [0.29, 0.717) is 19.6 Å². The van der Waals surface area contributed by atoms with E-state index >= 15 is 0 Å². The number of hydrogen-bond donors (Lipinski definition) is 0. The van der Waals surface area contributed by atoms with Crippen LogP contribution in [0.5, 0.6) is 0 Å². The van der Waals surface area contributed by atoms with Gasteiger partial charge in [0.1, 0.15) is 18.7 Å². The summed E-state index contributed by atoms with van der Waals surface area (Å²) >= 11 is 0. The minimum absolute atomic E-state index is 0.104. The predicted octanol–water partition coefficient (Wildman–Crippen LogP) is 1.36. The maximum Gasteiger partial charge on any atom is 0.242 e. The zero-order chi connectivity index (χ0) is 19.6. The monoisotopic (exact) mass is 388 g/mol. The highest BCUT2D eigenvalue weighted by Gasteiger charge is 2.23. The summed E-state index contributed by atoms with van der Waals surface area (Å²) in [7, 11) is 0. The Labute approximate surface area is 167 Å². The highest BCUT2D eigenvalue weighted by Crippen LogP contribution is 2.17. The molecular formula is C20H20N8O. The first kappa shape index (κ1) is 17.4. The molecule has 9 heteroatoms. The molecule has 0 radical (unpaired) electrons. The fourth-order valence-corrected chi connectivity index (χ4v) is 3.61. The van der Waals surface area contributed by atoms with Crippen LogP contribution in [-0.4, -0.2) is 66.3 Å². The van der Waals surface area contributed by atoms with Crippen molar-refractivity contribution in [1.29, 1.82) is 0 Å². The van der Waals surface area contributed by atoms with Crippen molar-refractivity contribution in [3.05, 3.63) is 61.4 Å². The van der Waals surface area contributed by atoms with Gasteiger partial charge < -0.3 is 14.4 Å². The number of fused-ring (bicyclic) bond motifs is 1. The molecular weight excluding hydrogens is 368 g/mol. The fraction of sp³-hybridized carbons (Fsp3) is 0.250. The van der Waals surface area contributed by atoms with Crippen LogP contribution in [-0.2, 0) is 11.3 Å². The lowest BCUT2D eigenvalue weighted by atomic mass is 10.3. The summed E-state index contributed by atoms with van der Waals surface area (Å²) in [4.78, 5) is 29.9. The Morgan fingerprint density at radius 2 is 1.79 bits per heavy atom. The van der Waals surface area contributed by atoms with E-state index in [1.165, 1.54) is 0 Å². The Kier molecular flexibility index (Phi) is 4.39. The van der Waals surface area contributed by atoms with Crippen molar-refractivity contribution in [2.45, 2.75) is 6.54 Å². The third-order valence-corrected chi connectivity index (χ3v) is 5.17. The molecule has 29 heavy (non-hydrogen) atoms. The van der Waals surface area contributed by atoms with Gasteiger partial charge in [-0.2, -0.15) is 5.10 Å². The minimum atomic E-state index is 0.104. The van der Waals surface area contributed by atoms with Crippen LogP contribution in [0.4, 0.5) is 5.82 Å². The number of imidazole rings is 1. The second kappa shape index (κ2) is 7.34. The van der Waals surface area contributed by atoms with Crippen LogP contribution in [0.1, 0.15) is 0 Å². The topological polar surface area (TPSA) is 85.0 Å². The number of hydrogen-bond acceptors (Lipinski definition) is 6. The van der Waals surface area contributed by atoms with E-state index in [9.17, 15) is 4.79 Å². The lowest BCUT2D eigenvalue weighted by molar-refractivity contribution is -0.132. The van der Waals surface area contributed by atoms with Crippen molar-refractivity contribution in [2.75, 3.05) is 31.1 Å². The molecule has 5 rings (SSSR count). The highest BCUT2D eigenvalue weighted by molar-refractivity contribution is 5.80.